The summed E-state index contributed by atoms with van der Waals surface area (Å²) in [5.41, 5.74) is 0.990. The van der Waals surface area contributed by atoms with Crippen LogP contribution in [0.3, 0.4) is 0 Å². The lowest BCUT2D eigenvalue weighted by Gasteiger charge is -2.06. The topological polar surface area (TPSA) is 51.2 Å². The number of carbonyl (C=O) groups excluding carboxylic acids is 1. The van der Waals surface area contributed by atoms with Crippen LogP contribution in [0.5, 0.6) is 5.75 Å². The second-order valence-corrected chi connectivity index (χ2v) is 6.02. The maximum atomic E-state index is 11.9. The van der Waals surface area contributed by atoms with Crippen LogP contribution in [-0.2, 0) is 17.6 Å². The highest BCUT2D eigenvalue weighted by Gasteiger charge is 2.04. The Morgan fingerprint density at radius 2 is 2.10 bits per heavy atom. The van der Waals surface area contributed by atoms with Gasteiger partial charge in [-0.1, -0.05) is 12.1 Å². The van der Waals surface area contributed by atoms with Crippen molar-refractivity contribution in [3.05, 3.63) is 45.9 Å². The Labute approximate surface area is 129 Å². The summed E-state index contributed by atoms with van der Waals surface area (Å²) in [4.78, 5) is 17.3. The fourth-order valence-corrected chi connectivity index (χ4v) is 2.76. The van der Waals surface area contributed by atoms with Crippen molar-refractivity contribution in [1.82, 2.24) is 10.3 Å². The molecule has 2 rings (SSSR count). The number of aryl methyl sites for hydroxylation is 1. The van der Waals surface area contributed by atoms with Gasteiger partial charge in [0.1, 0.15) is 5.75 Å². The Bertz CT molecular complexity index is 578. The molecule has 4 nitrogen and oxygen atoms in total. The number of hydrogen-bond acceptors (Lipinski definition) is 4. The largest absolute Gasteiger partial charge is 0.494 e. The molecule has 1 heterocycles. The van der Waals surface area contributed by atoms with Gasteiger partial charge >= 0.3 is 0 Å². The highest BCUT2D eigenvalue weighted by molar-refractivity contribution is 7.11. The average molecular weight is 304 g/mol. The highest BCUT2D eigenvalue weighted by atomic mass is 32.1. The average Bonchev–Trinajstić information content (AvgIpc) is 2.87. The van der Waals surface area contributed by atoms with Crippen LogP contribution in [0.4, 0.5) is 0 Å². The van der Waals surface area contributed by atoms with E-state index in [9.17, 15) is 4.79 Å². The number of benzene rings is 1. The molecule has 2 aromatic rings. The maximum absolute atomic E-state index is 11.9. The van der Waals surface area contributed by atoms with E-state index in [1.807, 2.05) is 44.3 Å². The fraction of sp³-hybridized carbons (Fsp3) is 0.375. The van der Waals surface area contributed by atoms with Gasteiger partial charge in [0.2, 0.25) is 5.91 Å². The molecule has 5 heteroatoms. The predicted octanol–water partition coefficient (Wildman–Crippen LogP) is 2.75. The van der Waals surface area contributed by atoms with Crippen LogP contribution in [0.25, 0.3) is 0 Å². The lowest BCUT2D eigenvalue weighted by Crippen LogP contribution is -2.27. The van der Waals surface area contributed by atoms with Crippen LogP contribution in [0.2, 0.25) is 0 Å². The number of carbonyl (C=O) groups is 1. The molecule has 21 heavy (non-hydrogen) atoms. The minimum Gasteiger partial charge on any atom is -0.494 e. The molecule has 1 N–H and O–H groups in total. The van der Waals surface area contributed by atoms with Gasteiger partial charge in [0, 0.05) is 24.0 Å². The molecule has 0 bridgehead atoms. The van der Waals surface area contributed by atoms with Crippen LogP contribution < -0.4 is 10.1 Å². The van der Waals surface area contributed by atoms with Gasteiger partial charge < -0.3 is 10.1 Å². The van der Waals surface area contributed by atoms with Crippen molar-refractivity contribution < 1.29 is 9.53 Å². The van der Waals surface area contributed by atoms with Crippen LogP contribution in [-0.4, -0.2) is 24.0 Å². The summed E-state index contributed by atoms with van der Waals surface area (Å²) in [7, 11) is 0. The number of nitrogens with one attached hydrogen (secondary N) is 1. The molecule has 0 aliphatic carbocycles. The molecule has 0 spiro atoms. The summed E-state index contributed by atoms with van der Waals surface area (Å²) in [6, 6.07) is 7.65. The first-order valence-corrected chi connectivity index (χ1v) is 7.88. The van der Waals surface area contributed by atoms with Crippen molar-refractivity contribution in [1.29, 1.82) is 0 Å². The Kier molecular flexibility index (Phi) is 5.75. The molecular formula is C16H20N2O2S. The zero-order valence-corrected chi connectivity index (χ0v) is 13.2. The number of thiazole rings is 1. The van der Waals surface area contributed by atoms with Gasteiger partial charge in [-0.3, -0.25) is 4.79 Å². The second kappa shape index (κ2) is 7.78. The fourth-order valence-electron chi connectivity index (χ4n) is 1.96. The molecule has 112 valence electrons. The van der Waals surface area contributed by atoms with Crippen LogP contribution >= 0.6 is 11.3 Å². The molecule has 0 radical (unpaired) electrons. The number of rotatable bonds is 7. The lowest BCUT2D eigenvalue weighted by molar-refractivity contribution is -0.120. The van der Waals surface area contributed by atoms with Gasteiger partial charge in [0.05, 0.1) is 18.0 Å². The lowest BCUT2D eigenvalue weighted by atomic mass is 10.1. The standard InChI is InChI=1S/C16H20N2O2S/c1-3-20-14-6-4-13(5-7-14)10-16(19)17-9-8-15-11-18-12(2)21-15/h4-7,11H,3,8-10H2,1-2H3,(H,17,19). The molecule has 1 aromatic carbocycles. The number of hydrogen-bond donors (Lipinski definition) is 1. The Morgan fingerprint density at radius 3 is 2.71 bits per heavy atom. The van der Waals surface area contributed by atoms with Gasteiger partial charge in [0.15, 0.2) is 0 Å². The van der Waals surface area contributed by atoms with E-state index < -0.39 is 0 Å². The minimum absolute atomic E-state index is 0.0420. The first kappa shape index (κ1) is 15.5. The van der Waals surface area contributed by atoms with Crippen molar-refractivity contribution in [2.45, 2.75) is 26.7 Å². The third-order valence-electron chi connectivity index (χ3n) is 2.96. The molecule has 0 saturated heterocycles. The number of amides is 1. The van der Waals surface area contributed by atoms with Crippen molar-refractivity contribution in [3.8, 4) is 5.75 Å². The van der Waals surface area contributed by atoms with E-state index in [0.29, 0.717) is 19.6 Å². The minimum atomic E-state index is 0.0420. The molecule has 0 fully saturated rings. The molecular weight excluding hydrogens is 284 g/mol. The van der Waals surface area contributed by atoms with Crippen molar-refractivity contribution in [2.75, 3.05) is 13.2 Å². The summed E-state index contributed by atoms with van der Waals surface area (Å²) in [6.45, 7) is 5.24. The van der Waals surface area contributed by atoms with Gasteiger partial charge in [-0.25, -0.2) is 4.98 Å². The van der Waals surface area contributed by atoms with Crippen molar-refractivity contribution >= 4 is 17.2 Å². The summed E-state index contributed by atoms with van der Waals surface area (Å²) < 4.78 is 5.38. The molecule has 0 aliphatic heterocycles. The third-order valence-corrected chi connectivity index (χ3v) is 3.93. The van der Waals surface area contributed by atoms with Crippen LogP contribution in [0.1, 0.15) is 22.4 Å². The van der Waals surface area contributed by atoms with Crippen LogP contribution in [0.15, 0.2) is 30.5 Å². The van der Waals surface area contributed by atoms with E-state index in [4.69, 9.17) is 4.74 Å². The van der Waals surface area contributed by atoms with E-state index in [1.165, 1.54) is 4.88 Å². The van der Waals surface area contributed by atoms with E-state index in [0.717, 1.165) is 22.7 Å². The monoisotopic (exact) mass is 304 g/mol. The van der Waals surface area contributed by atoms with Gasteiger partial charge in [-0.05, 0) is 31.5 Å². The SMILES string of the molecule is CCOc1ccc(CC(=O)NCCc2cnc(C)s2)cc1. The first-order chi connectivity index (χ1) is 10.2. The van der Waals surface area contributed by atoms with E-state index in [-0.39, 0.29) is 5.91 Å². The predicted molar refractivity (Wildman–Crippen MR) is 84.9 cm³/mol. The molecule has 0 atom stereocenters. The summed E-state index contributed by atoms with van der Waals surface area (Å²) >= 11 is 1.67. The number of nitrogens with zero attached hydrogens (tertiary/aromatic N) is 1. The smallest absolute Gasteiger partial charge is 0.224 e. The maximum Gasteiger partial charge on any atom is 0.224 e. The zero-order chi connectivity index (χ0) is 15.1. The normalized spacial score (nSPS) is 10.4. The molecule has 0 aliphatic rings. The van der Waals surface area contributed by atoms with Crippen molar-refractivity contribution in [2.24, 2.45) is 0 Å². The van der Waals surface area contributed by atoms with Gasteiger partial charge in [0.25, 0.3) is 0 Å². The zero-order valence-electron chi connectivity index (χ0n) is 12.4. The Morgan fingerprint density at radius 1 is 1.33 bits per heavy atom. The van der Waals surface area contributed by atoms with Crippen LogP contribution in [0, 0.1) is 6.92 Å². The molecule has 0 saturated carbocycles. The number of ether oxygens (including phenoxy) is 1. The van der Waals surface area contributed by atoms with Gasteiger partial charge in [-0.2, -0.15) is 0 Å². The second-order valence-electron chi connectivity index (χ2n) is 4.70. The summed E-state index contributed by atoms with van der Waals surface area (Å²) in [5.74, 6) is 0.877. The molecule has 0 unspecified atom stereocenters. The molecule has 1 aromatic heterocycles. The highest BCUT2D eigenvalue weighted by Crippen LogP contribution is 2.13. The molecule has 1 amide bonds. The van der Waals surface area contributed by atoms with E-state index >= 15 is 0 Å². The summed E-state index contributed by atoms with van der Waals surface area (Å²) in [6.07, 6.45) is 3.10. The van der Waals surface area contributed by atoms with E-state index in [1.54, 1.807) is 11.3 Å². The van der Waals surface area contributed by atoms with Gasteiger partial charge in [-0.15, -0.1) is 11.3 Å². The Balaban J connectivity index is 1.73. The van der Waals surface area contributed by atoms with Crippen molar-refractivity contribution in [3.63, 3.8) is 0 Å². The third kappa shape index (κ3) is 5.19. The summed E-state index contributed by atoms with van der Waals surface area (Å²) in [5, 5.41) is 4.00. The number of aromatic nitrogens is 1. The Hall–Kier alpha value is -1.88. The first-order valence-electron chi connectivity index (χ1n) is 7.07. The quantitative estimate of drug-likeness (QED) is 0.855. The van der Waals surface area contributed by atoms with E-state index in [2.05, 4.69) is 10.3 Å².